The van der Waals surface area contributed by atoms with E-state index in [1.165, 1.54) is 32.1 Å². The van der Waals surface area contributed by atoms with Crippen molar-refractivity contribution in [3.8, 4) is 11.3 Å². The standard InChI is InChI=1S/C48H69N5O5/c1-29-34(42(54)55)27-35(29)43(56)58-40-19-21-47(4)36-16-14-33-31(32(36)15-17-38(47)41(40)49)18-22-48(20-10-13-37(33)48)45(57)51-46(2,3)44-50-39(30-11-6-5-7-12-30)28-53(44)26-25-52-23-8-9-24-52/h5-7,11-12,28-29,31-38,40-41H,8-10,13-27,49H2,1-4H3,(H,51,57)(H,54,55). The number of amides is 1. The number of hydrogen-bond donors (Lipinski definition) is 3. The van der Waals surface area contributed by atoms with Crippen LogP contribution in [0.4, 0.5) is 0 Å². The van der Waals surface area contributed by atoms with Crippen LogP contribution in [0, 0.1) is 64.1 Å². The molecule has 1 saturated heterocycles. The Morgan fingerprint density at radius 3 is 2.33 bits per heavy atom. The quantitative estimate of drug-likeness (QED) is 0.209. The van der Waals surface area contributed by atoms with Crippen molar-refractivity contribution in [2.45, 2.75) is 142 Å². The minimum absolute atomic E-state index is 0.120. The molecule has 1 aromatic heterocycles. The second-order valence-corrected chi connectivity index (χ2v) is 20.9. The van der Waals surface area contributed by atoms with Crippen LogP contribution in [0.3, 0.4) is 0 Å². The average Bonchev–Trinajstić information content (AvgIpc) is 3.99. The smallest absolute Gasteiger partial charge is 0.309 e. The molecule has 1 amide bonds. The number of carbonyl (C=O) groups excluding carboxylic acids is 2. The number of carboxylic acids is 1. The monoisotopic (exact) mass is 796 g/mol. The summed E-state index contributed by atoms with van der Waals surface area (Å²) in [6, 6.07) is 10.2. The largest absolute Gasteiger partial charge is 0.481 e. The van der Waals surface area contributed by atoms with Gasteiger partial charge in [0.05, 0.1) is 28.5 Å². The zero-order chi connectivity index (χ0) is 40.6. The fourth-order valence-corrected chi connectivity index (χ4v) is 14.7. The summed E-state index contributed by atoms with van der Waals surface area (Å²) in [6.45, 7) is 12.8. The summed E-state index contributed by atoms with van der Waals surface area (Å²) in [4.78, 5) is 47.5. The van der Waals surface area contributed by atoms with Gasteiger partial charge in [0.15, 0.2) is 0 Å². The van der Waals surface area contributed by atoms with E-state index < -0.39 is 17.4 Å². The van der Waals surface area contributed by atoms with Crippen LogP contribution in [-0.4, -0.2) is 69.2 Å². The van der Waals surface area contributed by atoms with Crippen LogP contribution in [0.5, 0.6) is 0 Å². The molecule has 6 aliphatic carbocycles. The number of aromatic nitrogens is 2. The number of imidazole rings is 1. The van der Waals surface area contributed by atoms with Gasteiger partial charge < -0.3 is 30.4 Å². The highest BCUT2D eigenvalue weighted by molar-refractivity contribution is 5.84. The third-order valence-corrected chi connectivity index (χ3v) is 17.9. The maximum atomic E-state index is 15.0. The number of nitrogens with two attached hydrogens (primary N) is 1. The summed E-state index contributed by atoms with van der Waals surface area (Å²) in [5.41, 5.74) is 8.32. The first-order valence-corrected chi connectivity index (χ1v) is 23.2. The maximum absolute atomic E-state index is 15.0. The second kappa shape index (κ2) is 15.3. The number of esters is 1. The van der Waals surface area contributed by atoms with Crippen LogP contribution >= 0.6 is 0 Å². The van der Waals surface area contributed by atoms with Gasteiger partial charge in [-0.15, -0.1) is 0 Å². The van der Waals surface area contributed by atoms with E-state index in [1.54, 1.807) is 0 Å². The van der Waals surface area contributed by atoms with Crippen LogP contribution in [0.2, 0.25) is 0 Å². The lowest BCUT2D eigenvalue weighted by molar-refractivity contribution is -0.180. The van der Waals surface area contributed by atoms with Crippen molar-refractivity contribution in [2.24, 2.45) is 69.8 Å². The fraction of sp³-hybridized carbons (Fsp3) is 0.750. The average molecular weight is 796 g/mol. The van der Waals surface area contributed by atoms with Crippen molar-refractivity contribution in [1.82, 2.24) is 19.8 Å². The first-order valence-electron chi connectivity index (χ1n) is 23.2. The zero-order valence-corrected chi connectivity index (χ0v) is 35.5. The molecule has 0 radical (unpaired) electrons. The van der Waals surface area contributed by atoms with E-state index in [1.807, 2.05) is 13.0 Å². The maximum Gasteiger partial charge on any atom is 0.309 e. The van der Waals surface area contributed by atoms with Crippen molar-refractivity contribution in [2.75, 3.05) is 19.6 Å². The lowest BCUT2D eigenvalue weighted by Crippen LogP contribution is -2.62. The van der Waals surface area contributed by atoms with E-state index >= 15 is 0 Å². The molecule has 10 heteroatoms. The van der Waals surface area contributed by atoms with Gasteiger partial charge in [-0.25, -0.2) is 4.98 Å². The molecular formula is C48H69N5O5. The molecule has 6 saturated carbocycles. The number of ether oxygens (including phenoxy) is 1. The van der Waals surface area contributed by atoms with Gasteiger partial charge in [0.25, 0.3) is 0 Å². The second-order valence-electron chi connectivity index (χ2n) is 20.9. The van der Waals surface area contributed by atoms with E-state index in [-0.39, 0.29) is 46.7 Å². The highest BCUT2D eigenvalue weighted by Crippen LogP contribution is 2.67. The molecule has 58 heavy (non-hydrogen) atoms. The van der Waals surface area contributed by atoms with E-state index in [9.17, 15) is 19.5 Å². The number of rotatable bonds is 10. The van der Waals surface area contributed by atoms with Crippen LogP contribution in [0.25, 0.3) is 11.3 Å². The lowest BCUT2D eigenvalue weighted by Gasteiger charge is -2.63. The molecule has 13 unspecified atom stereocenters. The summed E-state index contributed by atoms with van der Waals surface area (Å²) in [7, 11) is 0. The Kier molecular flexibility index (Phi) is 10.6. The summed E-state index contributed by atoms with van der Waals surface area (Å²) >= 11 is 0. The molecule has 4 N–H and O–H groups in total. The molecule has 2 aromatic rings. The van der Waals surface area contributed by atoms with Gasteiger partial charge in [-0.05, 0) is 157 Å². The van der Waals surface area contributed by atoms with Crippen molar-refractivity contribution in [3.05, 3.63) is 42.4 Å². The number of benzene rings is 1. The fourth-order valence-electron chi connectivity index (χ4n) is 14.7. The number of nitrogens with one attached hydrogen (secondary N) is 1. The van der Waals surface area contributed by atoms with Gasteiger partial charge in [0.2, 0.25) is 5.91 Å². The van der Waals surface area contributed by atoms with Gasteiger partial charge in [0.1, 0.15) is 11.9 Å². The summed E-state index contributed by atoms with van der Waals surface area (Å²) in [5, 5.41) is 13.1. The molecule has 7 fully saturated rings. The summed E-state index contributed by atoms with van der Waals surface area (Å²) in [5.74, 6) is 2.38. The Balaban J connectivity index is 0.877. The number of nitrogens with zero attached hydrogens (tertiary/aromatic N) is 3. The normalized spacial score (nSPS) is 39.7. The predicted octanol–water partition coefficient (Wildman–Crippen LogP) is 7.64. The van der Waals surface area contributed by atoms with Crippen molar-refractivity contribution in [1.29, 1.82) is 0 Å². The molecule has 7 aliphatic rings. The molecule has 0 bridgehead atoms. The molecule has 2 heterocycles. The van der Waals surface area contributed by atoms with Crippen molar-refractivity contribution in [3.63, 3.8) is 0 Å². The Morgan fingerprint density at radius 2 is 1.60 bits per heavy atom. The van der Waals surface area contributed by atoms with Crippen LogP contribution in [-0.2, 0) is 31.2 Å². The zero-order valence-electron chi connectivity index (χ0n) is 35.5. The third-order valence-electron chi connectivity index (χ3n) is 17.9. The highest BCUT2D eigenvalue weighted by atomic mass is 16.5. The van der Waals surface area contributed by atoms with Crippen molar-refractivity contribution < 1.29 is 24.2 Å². The molecule has 1 aromatic carbocycles. The Hall–Kier alpha value is -3.24. The lowest BCUT2D eigenvalue weighted by atomic mass is 9.43. The Bertz CT molecular complexity index is 1860. The Labute approximate surface area is 345 Å². The predicted molar refractivity (Wildman–Crippen MR) is 223 cm³/mol. The topological polar surface area (TPSA) is 140 Å². The number of fused-ring (bicyclic) bond motifs is 7. The van der Waals surface area contributed by atoms with E-state index in [0.717, 1.165) is 94.6 Å². The molecular weight excluding hydrogens is 727 g/mol. The van der Waals surface area contributed by atoms with Gasteiger partial charge >= 0.3 is 11.9 Å². The number of hydrogen-bond acceptors (Lipinski definition) is 7. The minimum atomic E-state index is -0.822. The van der Waals surface area contributed by atoms with E-state index in [0.29, 0.717) is 41.9 Å². The van der Waals surface area contributed by atoms with Gasteiger partial charge in [0, 0.05) is 30.9 Å². The molecule has 1 aliphatic heterocycles. The van der Waals surface area contributed by atoms with Gasteiger partial charge in [-0.1, -0.05) is 50.6 Å². The summed E-state index contributed by atoms with van der Waals surface area (Å²) in [6.07, 6.45) is 16.6. The van der Waals surface area contributed by atoms with E-state index in [2.05, 4.69) is 66.0 Å². The van der Waals surface area contributed by atoms with Gasteiger partial charge in [-0.3, -0.25) is 14.4 Å². The molecule has 9 rings (SSSR count). The minimum Gasteiger partial charge on any atom is -0.481 e. The number of likely N-dealkylation sites (tertiary alicyclic amines) is 1. The van der Waals surface area contributed by atoms with Crippen molar-refractivity contribution >= 4 is 17.8 Å². The Morgan fingerprint density at radius 1 is 0.879 bits per heavy atom. The molecule has 0 spiro atoms. The number of carboxylic acid groups (broad SMARTS) is 1. The SMILES string of the molecule is CC1C(C(=O)O)CC1C(=O)OC1CCC2(C)C(CCC3C4CCC5(C(=O)NC(C)(C)c6nc(-c7ccccc7)cn6CCN6CCCC6)CCCC5C4CCC32)C1N. The third kappa shape index (κ3) is 6.75. The van der Waals surface area contributed by atoms with E-state index in [4.69, 9.17) is 15.5 Å². The van der Waals surface area contributed by atoms with Crippen LogP contribution < -0.4 is 11.1 Å². The highest BCUT2D eigenvalue weighted by Gasteiger charge is 2.63. The first-order chi connectivity index (χ1) is 27.8. The van der Waals surface area contributed by atoms with Crippen LogP contribution in [0.1, 0.15) is 123 Å². The molecule has 316 valence electrons. The molecule has 13 atom stereocenters. The number of carbonyl (C=O) groups is 3. The first kappa shape index (κ1) is 40.2. The molecule has 10 nitrogen and oxygen atoms in total. The number of aliphatic carboxylic acids is 1. The van der Waals surface area contributed by atoms with Crippen LogP contribution in [0.15, 0.2) is 36.5 Å². The summed E-state index contributed by atoms with van der Waals surface area (Å²) < 4.78 is 8.44. The van der Waals surface area contributed by atoms with Gasteiger partial charge in [-0.2, -0.15) is 0 Å².